The van der Waals surface area contributed by atoms with Gasteiger partial charge in [0.25, 0.3) is 11.7 Å². The molecule has 1 amide bonds. The number of likely N-dealkylation sites (tertiary alicyclic amines) is 1. The number of rotatable bonds is 10. The van der Waals surface area contributed by atoms with Crippen LogP contribution in [-0.2, 0) is 9.59 Å². The van der Waals surface area contributed by atoms with Crippen LogP contribution in [0.3, 0.4) is 0 Å². The molecular formula is C27H34N2O5. The van der Waals surface area contributed by atoms with Crippen LogP contribution in [0.1, 0.15) is 44.9 Å². The number of hydrogen-bond donors (Lipinski definition) is 2. The molecule has 34 heavy (non-hydrogen) atoms. The molecule has 7 heteroatoms. The number of aliphatic hydroxyl groups is 1. The SMILES string of the molecule is CCN(CC)CCN1C(=O)C(=O)/C(=C(/O)c2ccc(OCC(C)C)cc2)[C@@H]1c1ccc(O)cc1. The Morgan fingerprint density at radius 2 is 1.65 bits per heavy atom. The number of nitrogens with zero attached hydrogens (tertiary/aromatic N) is 2. The van der Waals surface area contributed by atoms with Crippen molar-refractivity contribution in [1.29, 1.82) is 0 Å². The zero-order chi connectivity index (χ0) is 24.8. The predicted molar refractivity (Wildman–Crippen MR) is 132 cm³/mol. The summed E-state index contributed by atoms with van der Waals surface area (Å²) in [6, 6.07) is 12.5. The van der Waals surface area contributed by atoms with Gasteiger partial charge in [0.15, 0.2) is 0 Å². The van der Waals surface area contributed by atoms with Gasteiger partial charge in [-0.05, 0) is 61.0 Å². The molecule has 0 spiro atoms. The van der Waals surface area contributed by atoms with E-state index in [9.17, 15) is 19.8 Å². The van der Waals surface area contributed by atoms with Crippen LogP contribution in [0.15, 0.2) is 54.1 Å². The third-order valence-electron chi connectivity index (χ3n) is 6.01. The Kier molecular flexibility index (Phi) is 8.34. The predicted octanol–water partition coefficient (Wildman–Crippen LogP) is 4.19. The van der Waals surface area contributed by atoms with E-state index in [0.29, 0.717) is 42.5 Å². The van der Waals surface area contributed by atoms with E-state index in [0.717, 1.165) is 13.1 Å². The molecule has 0 aromatic heterocycles. The molecule has 7 nitrogen and oxygen atoms in total. The molecule has 1 heterocycles. The lowest BCUT2D eigenvalue weighted by atomic mass is 9.95. The summed E-state index contributed by atoms with van der Waals surface area (Å²) < 4.78 is 5.70. The van der Waals surface area contributed by atoms with Gasteiger partial charge in [0, 0.05) is 18.7 Å². The number of Topliss-reactive ketones (excluding diaryl/α,β-unsaturated/α-hetero) is 1. The molecule has 182 valence electrons. The van der Waals surface area contributed by atoms with E-state index in [1.165, 1.54) is 17.0 Å². The molecule has 1 atom stereocenters. The van der Waals surface area contributed by atoms with E-state index in [-0.39, 0.29) is 17.1 Å². The molecule has 1 fully saturated rings. The van der Waals surface area contributed by atoms with Crippen LogP contribution in [-0.4, -0.2) is 64.5 Å². The Morgan fingerprint density at radius 1 is 1.03 bits per heavy atom. The van der Waals surface area contributed by atoms with Crippen molar-refractivity contribution in [3.63, 3.8) is 0 Å². The lowest BCUT2D eigenvalue weighted by molar-refractivity contribution is -0.140. The fraction of sp³-hybridized carbons (Fsp3) is 0.407. The second-order valence-electron chi connectivity index (χ2n) is 8.84. The molecule has 0 unspecified atom stereocenters. The van der Waals surface area contributed by atoms with E-state index >= 15 is 0 Å². The Bertz CT molecular complexity index is 1020. The molecule has 3 rings (SSSR count). The molecule has 1 saturated heterocycles. The number of aromatic hydroxyl groups is 1. The number of hydrogen-bond acceptors (Lipinski definition) is 6. The van der Waals surface area contributed by atoms with E-state index in [1.807, 2.05) is 13.8 Å². The van der Waals surface area contributed by atoms with E-state index in [1.54, 1.807) is 36.4 Å². The highest BCUT2D eigenvalue weighted by Gasteiger charge is 2.45. The van der Waals surface area contributed by atoms with Gasteiger partial charge < -0.3 is 24.7 Å². The summed E-state index contributed by atoms with van der Waals surface area (Å²) >= 11 is 0. The van der Waals surface area contributed by atoms with Crippen LogP contribution in [0.4, 0.5) is 0 Å². The van der Waals surface area contributed by atoms with Crippen molar-refractivity contribution in [3.8, 4) is 11.5 Å². The minimum atomic E-state index is -0.743. The number of phenols is 1. The summed E-state index contributed by atoms with van der Waals surface area (Å²) in [7, 11) is 0. The standard InChI is InChI=1S/C27H34N2O5/c1-5-28(6-2)15-16-29-24(19-7-11-21(30)12-8-19)23(26(32)27(29)33)25(31)20-9-13-22(14-10-20)34-17-18(3)4/h7-14,18,24,30-31H,5-6,15-17H2,1-4H3/b25-23+/t24-/m0/s1. The van der Waals surface area contributed by atoms with Crippen molar-refractivity contribution in [2.75, 3.05) is 32.8 Å². The van der Waals surface area contributed by atoms with Gasteiger partial charge in [-0.3, -0.25) is 9.59 Å². The third-order valence-corrected chi connectivity index (χ3v) is 6.01. The van der Waals surface area contributed by atoms with Crippen LogP contribution in [0.25, 0.3) is 5.76 Å². The van der Waals surface area contributed by atoms with Gasteiger partial charge in [-0.1, -0.05) is 39.8 Å². The molecule has 1 aliphatic heterocycles. The van der Waals surface area contributed by atoms with Gasteiger partial charge in [0.05, 0.1) is 18.2 Å². The van der Waals surface area contributed by atoms with E-state index in [2.05, 4.69) is 18.7 Å². The fourth-order valence-electron chi connectivity index (χ4n) is 4.03. The van der Waals surface area contributed by atoms with Gasteiger partial charge in [-0.15, -0.1) is 0 Å². The van der Waals surface area contributed by atoms with Crippen molar-refractivity contribution in [2.45, 2.75) is 33.7 Å². The number of ketones is 1. The molecule has 2 aromatic carbocycles. The molecule has 2 N–H and O–H groups in total. The number of ether oxygens (including phenoxy) is 1. The molecule has 2 aromatic rings. The van der Waals surface area contributed by atoms with Gasteiger partial charge in [-0.25, -0.2) is 0 Å². The monoisotopic (exact) mass is 466 g/mol. The van der Waals surface area contributed by atoms with Gasteiger partial charge >= 0.3 is 0 Å². The quantitative estimate of drug-likeness (QED) is 0.310. The Morgan fingerprint density at radius 3 is 2.21 bits per heavy atom. The smallest absolute Gasteiger partial charge is 0.295 e. The summed E-state index contributed by atoms with van der Waals surface area (Å²) in [6.07, 6.45) is 0. The Balaban J connectivity index is 2.00. The number of benzene rings is 2. The lowest BCUT2D eigenvalue weighted by Gasteiger charge is -2.28. The summed E-state index contributed by atoms with van der Waals surface area (Å²) in [5.74, 6) is -0.442. The first-order valence-corrected chi connectivity index (χ1v) is 11.8. The van der Waals surface area contributed by atoms with Crippen molar-refractivity contribution in [3.05, 3.63) is 65.2 Å². The molecule has 0 radical (unpaired) electrons. The average molecular weight is 467 g/mol. The van der Waals surface area contributed by atoms with Gasteiger partial charge in [0.1, 0.15) is 17.3 Å². The minimum Gasteiger partial charge on any atom is -0.508 e. The van der Waals surface area contributed by atoms with Crippen LogP contribution < -0.4 is 4.74 Å². The first-order valence-electron chi connectivity index (χ1n) is 11.8. The highest BCUT2D eigenvalue weighted by atomic mass is 16.5. The maximum atomic E-state index is 13.1. The van der Waals surface area contributed by atoms with E-state index < -0.39 is 17.7 Å². The van der Waals surface area contributed by atoms with Crippen molar-refractivity contribution in [2.24, 2.45) is 5.92 Å². The highest BCUT2D eigenvalue weighted by molar-refractivity contribution is 6.46. The van der Waals surface area contributed by atoms with Crippen molar-refractivity contribution >= 4 is 17.4 Å². The largest absolute Gasteiger partial charge is 0.508 e. The summed E-state index contributed by atoms with van der Waals surface area (Å²) in [4.78, 5) is 29.8. The topological polar surface area (TPSA) is 90.3 Å². The third kappa shape index (κ3) is 5.59. The summed E-state index contributed by atoms with van der Waals surface area (Å²) in [5.41, 5.74) is 1.13. The van der Waals surface area contributed by atoms with Gasteiger partial charge in [-0.2, -0.15) is 0 Å². The number of carbonyl (C=O) groups is 2. The number of phenolic OH excluding ortho intramolecular Hbond substituents is 1. The average Bonchev–Trinajstić information content (AvgIpc) is 3.08. The minimum absolute atomic E-state index is 0.0473. The first kappa shape index (κ1) is 25.3. The maximum absolute atomic E-state index is 13.1. The first-order chi connectivity index (χ1) is 16.3. The van der Waals surface area contributed by atoms with Crippen LogP contribution >= 0.6 is 0 Å². The van der Waals surface area contributed by atoms with Crippen LogP contribution in [0, 0.1) is 5.92 Å². The fourth-order valence-corrected chi connectivity index (χ4v) is 4.03. The van der Waals surface area contributed by atoms with E-state index in [4.69, 9.17) is 4.74 Å². The number of carbonyl (C=O) groups excluding carboxylic acids is 2. The summed E-state index contributed by atoms with van der Waals surface area (Å²) in [5, 5.41) is 20.9. The zero-order valence-corrected chi connectivity index (χ0v) is 20.3. The Labute approximate surface area is 201 Å². The molecule has 0 saturated carbocycles. The van der Waals surface area contributed by atoms with Crippen LogP contribution in [0.5, 0.6) is 11.5 Å². The highest BCUT2D eigenvalue weighted by Crippen LogP contribution is 2.39. The number of amides is 1. The van der Waals surface area contributed by atoms with Crippen molar-refractivity contribution < 1.29 is 24.5 Å². The molecular weight excluding hydrogens is 432 g/mol. The molecule has 1 aliphatic rings. The number of likely N-dealkylation sites (N-methyl/N-ethyl adjacent to an activating group) is 1. The lowest BCUT2D eigenvalue weighted by Crippen LogP contribution is -2.38. The second-order valence-corrected chi connectivity index (χ2v) is 8.84. The number of aliphatic hydroxyl groups excluding tert-OH is 1. The molecule has 0 aliphatic carbocycles. The van der Waals surface area contributed by atoms with Crippen molar-refractivity contribution in [1.82, 2.24) is 9.80 Å². The normalized spacial score (nSPS) is 17.7. The molecule has 0 bridgehead atoms. The summed E-state index contributed by atoms with van der Waals surface area (Å²) in [6.45, 7) is 11.4. The van der Waals surface area contributed by atoms with Crippen LogP contribution in [0.2, 0.25) is 0 Å². The Hall–Kier alpha value is -3.32. The maximum Gasteiger partial charge on any atom is 0.295 e. The zero-order valence-electron chi connectivity index (χ0n) is 20.3. The second kappa shape index (κ2) is 11.2. The van der Waals surface area contributed by atoms with Gasteiger partial charge in [0.2, 0.25) is 0 Å².